The van der Waals surface area contributed by atoms with Gasteiger partial charge in [0, 0.05) is 28.3 Å². The van der Waals surface area contributed by atoms with Gasteiger partial charge in [0.05, 0.1) is 11.7 Å². The van der Waals surface area contributed by atoms with Crippen molar-refractivity contribution in [1.29, 1.82) is 0 Å². The highest BCUT2D eigenvalue weighted by atomic mass is 32.1. The standard InChI is InChI=1S/C20H15N3O4S/c24-17(10-11-18(25)26)23-20-22-16(12-28-20)13-6-8-15(9-7-13)21-19(27)14-4-2-1-3-5-14/h1-12H,(H,21,27)(H,25,26)(H,22,23,24)/p-1. The largest absolute Gasteiger partial charge is 0.545 e. The van der Waals surface area contributed by atoms with Crippen LogP contribution in [-0.4, -0.2) is 22.8 Å². The van der Waals surface area contributed by atoms with Gasteiger partial charge in [0.1, 0.15) is 0 Å². The van der Waals surface area contributed by atoms with Crippen molar-refractivity contribution in [3.63, 3.8) is 0 Å². The second-order valence-corrected chi connectivity index (χ2v) is 6.44. The first-order valence-corrected chi connectivity index (χ1v) is 9.01. The van der Waals surface area contributed by atoms with Crippen LogP contribution in [-0.2, 0) is 9.59 Å². The molecule has 0 aliphatic heterocycles. The number of hydrogen-bond acceptors (Lipinski definition) is 6. The normalized spacial score (nSPS) is 10.6. The Morgan fingerprint density at radius 1 is 0.929 bits per heavy atom. The van der Waals surface area contributed by atoms with E-state index in [-0.39, 0.29) is 5.91 Å². The summed E-state index contributed by atoms with van der Waals surface area (Å²) in [4.78, 5) is 38.3. The quantitative estimate of drug-likeness (QED) is 0.625. The highest BCUT2D eigenvalue weighted by molar-refractivity contribution is 7.14. The molecule has 3 rings (SSSR count). The lowest BCUT2D eigenvalue weighted by molar-refractivity contribution is -0.297. The first-order valence-electron chi connectivity index (χ1n) is 8.13. The van der Waals surface area contributed by atoms with Crippen molar-refractivity contribution < 1.29 is 19.5 Å². The highest BCUT2D eigenvalue weighted by Gasteiger charge is 2.08. The van der Waals surface area contributed by atoms with Crippen LogP contribution in [0, 0.1) is 0 Å². The maximum Gasteiger partial charge on any atom is 0.255 e. The van der Waals surface area contributed by atoms with Crippen LogP contribution in [0.1, 0.15) is 10.4 Å². The summed E-state index contributed by atoms with van der Waals surface area (Å²) in [5.74, 6) is -2.25. The molecule has 7 nitrogen and oxygen atoms in total. The van der Waals surface area contributed by atoms with E-state index in [1.54, 1.807) is 53.9 Å². The predicted molar refractivity (Wildman–Crippen MR) is 105 cm³/mol. The summed E-state index contributed by atoms with van der Waals surface area (Å²) in [6.45, 7) is 0. The van der Waals surface area contributed by atoms with Crippen molar-refractivity contribution in [1.82, 2.24) is 4.98 Å². The lowest BCUT2D eigenvalue weighted by Crippen LogP contribution is -2.20. The number of carbonyl (C=O) groups excluding carboxylic acids is 3. The Kier molecular flexibility index (Phi) is 5.93. The SMILES string of the molecule is O=C([O-])C=CC(=O)Nc1nc(-c2ccc(NC(=O)c3ccccc3)cc2)cs1. The van der Waals surface area contributed by atoms with E-state index in [0.29, 0.717) is 28.2 Å². The highest BCUT2D eigenvalue weighted by Crippen LogP contribution is 2.26. The average molecular weight is 392 g/mol. The molecule has 3 aromatic rings. The molecule has 28 heavy (non-hydrogen) atoms. The van der Waals surface area contributed by atoms with Gasteiger partial charge in [-0.25, -0.2) is 4.98 Å². The number of carboxylic acids is 1. The van der Waals surface area contributed by atoms with Gasteiger partial charge in [0.15, 0.2) is 5.13 Å². The van der Waals surface area contributed by atoms with Crippen molar-refractivity contribution in [3.05, 3.63) is 77.7 Å². The maximum absolute atomic E-state index is 12.2. The number of amides is 2. The van der Waals surface area contributed by atoms with E-state index in [9.17, 15) is 19.5 Å². The Bertz CT molecular complexity index is 1030. The first-order chi connectivity index (χ1) is 13.5. The number of aromatic nitrogens is 1. The molecule has 0 radical (unpaired) electrons. The molecule has 0 aliphatic carbocycles. The van der Waals surface area contributed by atoms with Gasteiger partial charge < -0.3 is 15.2 Å². The van der Waals surface area contributed by atoms with Gasteiger partial charge in [-0.15, -0.1) is 11.3 Å². The summed E-state index contributed by atoms with van der Waals surface area (Å²) >= 11 is 1.21. The molecule has 2 N–H and O–H groups in total. The van der Waals surface area contributed by atoms with Crippen LogP contribution in [0.3, 0.4) is 0 Å². The van der Waals surface area contributed by atoms with Gasteiger partial charge in [0.25, 0.3) is 5.91 Å². The molecule has 0 aliphatic rings. The molecule has 0 saturated carbocycles. The summed E-state index contributed by atoms with van der Waals surface area (Å²) in [6, 6.07) is 16.0. The van der Waals surface area contributed by atoms with Crippen LogP contribution >= 0.6 is 11.3 Å². The van der Waals surface area contributed by atoms with E-state index in [0.717, 1.165) is 11.6 Å². The van der Waals surface area contributed by atoms with Gasteiger partial charge in [-0.2, -0.15) is 0 Å². The third-order valence-electron chi connectivity index (χ3n) is 3.58. The number of anilines is 2. The topological polar surface area (TPSA) is 111 Å². The Balaban J connectivity index is 1.64. The van der Waals surface area contributed by atoms with Crippen LogP contribution in [0.5, 0.6) is 0 Å². The molecule has 0 unspecified atom stereocenters. The monoisotopic (exact) mass is 392 g/mol. The molecule has 0 saturated heterocycles. The number of benzene rings is 2. The average Bonchev–Trinajstić information content (AvgIpc) is 3.16. The van der Waals surface area contributed by atoms with Gasteiger partial charge in [-0.05, 0) is 30.3 Å². The minimum Gasteiger partial charge on any atom is -0.545 e. The van der Waals surface area contributed by atoms with Crippen molar-refractivity contribution in [2.24, 2.45) is 0 Å². The van der Waals surface area contributed by atoms with Crippen LogP contribution in [0.2, 0.25) is 0 Å². The van der Waals surface area contributed by atoms with Gasteiger partial charge >= 0.3 is 0 Å². The van der Waals surface area contributed by atoms with E-state index >= 15 is 0 Å². The van der Waals surface area contributed by atoms with Crippen LogP contribution in [0.4, 0.5) is 10.8 Å². The van der Waals surface area contributed by atoms with Crippen LogP contribution in [0.25, 0.3) is 11.3 Å². The Hall–Kier alpha value is -3.78. The summed E-state index contributed by atoms with van der Waals surface area (Å²) in [6.07, 6.45) is 1.51. The molecule has 0 atom stereocenters. The van der Waals surface area contributed by atoms with E-state index in [2.05, 4.69) is 15.6 Å². The van der Waals surface area contributed by atoms with Crippen molar-refractivity contribution in [2.75, 3.05) is 10.6 Å². The first kappa shape index (κ1) is 19.0. The number of nitrogens with zero attached hydrogens (tertiary/aromatic N) is 1. The third-order valence-corrected chi connectivity index (χ3v) is 4.34. The van der Waals surface area contributed by atoms with Gasteiger partial charge in [-0.3, -0.25) is 14.9 Å². The number of thiazole rings is 1. The molecular weight excluding hydrogens is 378 g/mol. The molecule has 140 valence electrons. The molecular formula is C20H14N3O4S-. The molecule has 0 bridgehead atoms. The minimum absolute atomic E-state index is 0.198. The molecule has 1 aromatic heterocycles. The third kappa shape index (κ3) is 5.12. The van der Waals surface area contributed by atoms with E-state index in [4.69, 9.17) is 0 Å². The summed E-state index contributed by atoms with van der Waals surface area (Å²) in [5, 5.41) is 17.7. The van der Waals surface area contributed by atoms with E-state index < -0.39 is 11.9 Å². The van der Waals surface area contributed by atoms with E-state index in [1.807, 2.05) is 6.07 Å². The second-order valence-electron chi connectivity index (χ2n) is 5.58. The predicted octanol–water partition coefficient (Wildman–Crippen LogP) is 2.31. The Morgan fingerprint density at radius 3 is 2.32 bits per heavy atom. The molecule has 2 aromatic carbocycles. The molecule has 1 heterocycles. The van der Waals surface area contributed by atoms with Crippen LogP contribution < -0.4 is 15.7 Å². The molecule has 8 heteroatoms. The second kappa shape index (κ2) is 8.74. The molecule has 0 spiro atoms. The minimum atomic E-state index is -1.45. The van der Waals surface area contributed by atoms with Crippen molar-refractivity contribution in [3.8, 4) is 11.3 Å². The lowest BCUT2D eigenvalue weighted by Gasteiger charge is -2.06. The zero-order chi connectivity index (χ0) is 19.9. The summed E-state index contributed by atoms with van der Waals surface area (Å²) < 4.78 is 0. The Morgan fingerprint density at radius 2 is 1.64 bits per heavy atom. The lowest BCUT2D eigenvalue weighted by atomic mass is 10.1. The van der Waals surface area contributed by atoms with Crippen molar-refractivity contribution in [2.45, 2.75) is 0 Å². The number of rotatable bonds is 6. The van der Waals surface area contributed by atoms with Crippen LogP contribution in [0.15, 0.2) is 72.1 Å². The number of carbonyl (C=O) groups is 3. The number of nitrogens with one attached hydrogen (secondary N) is 2. The van der Waals surface area contributed by atoms with E-state index in [1.165, 1.54) is 11.3 Å². The number of carboxylic acid groups (broad SMARTS) is 1. The molecule has 2 amide bonds. The fraction of sp³-hybridized carbons (Fsp3) is 0. The fourth-order valence-corrected chi connectivity index (χ4v) is 2.99. The van der Waals surface area contributed by atoms with Gasteiger partial charge in [-0.1, -0.05) is 30.3 Å². The number of aliphatic carboxylic acids is 1. The van der Waals surface area contributed by atoms with Gasteiger partial charge in [0.2, 0.25) is 5.91 Å². The zero-order valence-electron chi connectivity index (χ0n) is 14.4. The fourth-order valence-electron chi connectivity index (χ4n) is 2.27. The smallest absolute Gasteiger partial charge is 0.255 e. The Labute approximate surface area is 164 Å². The maximum atomic E-state index is 12.2. The summed E-state index contributed by atoms with van der Waals surface area (Å²) in [7, 11) is 0. The zero-order valence-corrected chi connectivity index (χ0v) is 15.2. The summed E-state index contributed by atoms with van der Waals surface area (Å²) in [5.41, 5.74) is 2.66. The van der Waals surface area contributed by atoms with Crippen molar-refractivity contribution >= 4 is 39.9 Å². The number of hydrogen-bond donors (Lipinski definition) is 2. The molecule has 0 fully saturated rings.